The number of nitrogens with zero attached hydrogens (tertiary/aromatic N) is 2. The third-order valence-electron chi connectivity index (χ3n) is 3.55. The van der Waals surface area contributed by atoms with Crippen LogP contribution in [-0.4, -0.2) is 27.7 Å². The molecule has 5 nitrogen and oxygen atoms in total. The molecule has 2 aromatic heterocycles. The van der Waals surface area contributed by atoms with E-state index in [1.807, 2.05) is 40.0 Å². The van der Waals surface area contributed by atoms with Gasteiger partial charge in [-0.25, -0.2) is 9.31 Å². The average molecular weight is 261 g/mol. The molecule has 5 heteroatoms. The largest absolute Gasteiger partial charge is 0.478 e. The number of carbonyl (C=O) groups is 1. The second-order valence-electron chi connectivity index (χ2n) is 4.68. The quantitative estimate of drug-likeness (QED) is 0.885. The molecule has 19 heavy (non-hydrogen) atoms. The van der Waals surface area contributed by atoms with Gasteiger partial charge in [-0.3, -0.25) is 0 Å². The lowest BCUT2D eigenvalue weighted by atomic mass is 10.1. The Morgan fingerprint density at radius 2 is 2.21 bits per heavy atom. The monoisotopic (exact) mass is 261 g/mol. The zero-order chi connectivity index (χ0) is 14.2. The molecule has 1 atom stereocenters. The summed E-state index contributed by atoms with van der Waals surface area (Å²) in [5, 5.41) is 17.1. The Morgan fingerprint density at radius 1 is 1.53 bits per heavy atom. The van der Waals surface area contributed by atoms with Crippen molar-refractivity contribution in [2.24, 2.45) is 0 Å². The molecule has 0 saturated carbocycles. The molecule has 0 fully saturated rings. The van der Waals surface area contributed by atoms with Crippen molar-refractivity contribution >= 4 is 11.5 Å². The lowest BCUT2D eigenvalue weighted by Gasteiger charge is -2.12. The van der Waals surface area contributed by atoms with Gasteiger partial charge in [0, 0.05) is 6.04 Å². The highest BCUT2D eigenvalue weighted by atomic mass is 16.4. The van der Waals surface area contributed by atoms with Crippen molar-refractivity contribution in [2.45, 2.75) is 33.2 Å². The Balaban J connectivity index is 2.84. The van der Waals surface area contributed by atoms with Gasteiger partial charge in [0.25, 0.3) is 0 Å². The molecule has 0 aromatic carbocycles. The van der Waals surface area contributed by atoms with Gasteiger partial charge in [-0.2, -0.15) is 5.10 Å². The fourth-order valence-electron chi connectivity index (χ4n) is 2.42. The van der Waals surface area contributed by atoms with Gasteiger partial charge in [-0.05, 0) is 45.0 Å². The summed E-state index contributed by atoms with van der Waals surface area (Å²) < 4.78 is 1.76. The fourth-order valence-corrected chi connectivity index (χ4v) is 2.42. The molecule has 2 heterocycles. The SMILES string of the molecule is CCc1ccc2c(C(=O)O)c(C)c(C(C)NC)n2n1. The average Bonchev–Trinajstić information content (AvgIpc) is 2.68. The second-order valence-corrected chi connectivity index (χ2v) is 4.68. The summed E-state index contributed by atoms with van der Waals surface area (Å²) in [7, 11) is 1.85. The van der Waals surface area contributed by atoms with Crippen molar-refractivity contribution in [3.63, 3.8) is 0 Å². The Kier molecular flexibility index (Phi) is 3.57. The molecular weight excluding hydrogens is 242 g/mol. The van der Waals surface area contributed by atoms with Crippen LogP contribution in [0, 0.1) is 6.92 Å². The van der Waals surface area contributed by atoms with E-state index in [4.69, 9.17) is 0 Å². The molecule has 0 aliphatic heterocycles. The molecule has 2 N–H and O–H groups in total. The summed E-state index contributed by atoms with van der Waals surface area (Å²) in [6.45, 7) is 5.87. The summed E-state index contributed by atoms with van der Waals surface area (Å²) in [5.41, 5.74) is 3.62. The van der Waals surface area contributed by atoms with Crippen LogP contribution in [0.3, 0.4) is 0 Å². The van der Waals surface area contributed by atoms with E-state index in [9.17, 15) is 9.90 Å². The third-order valence-corrected chi connectivity index (χ3v) is 3.55. The number of carboxylic acid groups (broad SMARTS) is 1. The van der Waals surface area contributed by atoms with E-state index >= 15 is 0 Å². The number of hydrogen-bond donors (Lipinski definition) is 2. The lowest BCUT2D eigenvalue weighted by molar-refractivity contribution is 0.0698. The number of fused-ring (bicyclic) bond motifs is 1. The molecular formula is C14H19N3O2. The molecule has 102 valence electrons. The van der Waals surface area contributed by atoms with Crippen LogP contribution in [0.15, 0.2) is 12.1 Å². The summed E-state index contributed by atoms with van der Waals surface area (Å²) >= 11 is 0. The lowest BCUT2D eigenvalue weighted by Crippen LogP contribution is -2.16. The molecule has 0 amide bonds. The van der Waals surface area contributed by atoms with E-state index in [-0.39, 0.29) is 6.04 Å². The van der Waals surface area contributed by atoms with Crippen LogP contribution in [0.4, 0.5) is 0 Å². The molecule has 0 bridgehead atoms. The molecule has 0 saturated heterocycles. The number of aromatic nitrogens is 2. The van der Waals surface area contributed by atoms with Crippen LogP contribution in [-0.2, 0) is 6.42 Å². The molecule has 0 aliphatic carbocycles. The van der Waals surface area contributed by atoms with Crippen LogP contribution < -0.4 is 5.32 Å². The van der Waals surface area contributed by atoms with Crippen LogP contribution in [0.2, 0.25) is 0 Å². The Morgan fingerprint density at radius 3 is 2.74 bits per heavy atom. The van der Waals surface area contributed by atoms with E-state index in [0.29, 0.717) is 11.1 Å². The molecule has 0 spiro atoms. The van der Waals surface area contributed by atoms with E-state index in [2.05, 4.69) is 10.4 Å². The van der Waals surface area contributed by atoms with Gasteiger partial charge in [-0.15, -0.1) is 0 Å². The topological polar surface area (TPSA) is 66.6 Å². The molecule has 1 unspecified atom stereocenters. The van der Waals surface area contributed by atoms with E-state index in [0.717, 1.165) is 23.4 Å². The van der Waals surface area contributed by atoms with Gasteiger partial charge < -0.3 is 10.4 Å². The third kappa shape index (κ3) is 2.10. The highest BCUT2D eigenvalue weighted by molar-refractivity contribution is 5.98. The predicted molar refractivity (Wildman–Crippen MR) is 73.7 cm³/mol. The predicted octanol–water partition coefficient (Wildman–Crippen LogP) is 2.18. The molecule has 0 radical (unpaired) electrons. The van der Waals surface area contributed by atoms with Gasteiger partial charge >= 0.3 is 5.97 Å². The van der Waals surface area contributed by atoms with Crippen LogP contribution in [0.5, 0.6) is 0 Å². The summed E-state index contributed by atoms with van der Waals surface area (Å²) in [5.74, 6) is -0.907. The van der Waals surface area contributed by atoms with Gasteiger partial charge in [-0.1, -0.05) is 6.92 Å². The van der Waals surface area contributed by atoms with Crippen LogP contribution in [0.25, 0.3) is 5.52 Å². The smallest absolute Gasteiger partial charge is 0.338 e. The van der Waals surface area contributed by atoms with Gasteiger partial charge in [0.1, 0.15) is 0 Å². The molecule has 2 aromatic rings. The first-order valence-electron chi connectivity index (χ1n) is 6.42. The summed E-state index contributed by atoms with van der Waals surface area (Å²) in [6, 6.07) is 3.77. The van der Waals surface area contributed by atoms with Crippen LogP contribution >= 0.6 is 0 Å². The Labute approximate surface area is 112 Å². The minimum absolute atomic E-state index is 0.0419. The van der Waals surface area contributed by atoms with Crippen LogP contribution in [0.1, 0.15) is 47.2 Å². The highest BCUT2D eigenvalue weighted by Gasteiger charge is 2.23. The van der Waals surface area contributed by atoms with Gasteiger partial charge in [0.2, 0.25) is 0 Å². The van der Waals surface area contributed by atoms with E-state index in [1.54, 1.807) is 4.52 Å². The summed E-state index contributed by atoms with van der Waals surface area (Å²) in [6.07, 6.45) is 0.822. The van der Waals surface area contributed by atoms with Gasteiger partial charge in [0.05, 0.1) is 22.5 Å². The maximum Gasteiger partial charge on any atom is 0.338 e. The maximum atomic E-state index is 11.5. The first-order chi connectivity index (χ1) is 9.01. The number of nitrogens with one attached hydrogen (secondary N) is 1. The number of carboxylic acids is 1. The van der Waals surface area contributed by atoms with Crippen molar-refractivity contribution < 1.29 is 9.90 Å². The maximum absolute atomic E-state index is 11.5. The zero-order valence-electron chi connectivity index (χ0n) is 11.7. The van der Waals surface area contributed by atoms with Crippen molar-refractivity contribution in [1.82, 2.24) is 14.9 Å². The number of aryl methyl sites for hydroxylation is 1. The minimum atomic E-state index is -0.907. The van der Waals surface area contributed by atoms with Crippen molar-refractivity contribution in [2.75, 3.05) is 7.05 Å². The Hall–Kier alpha value is -1.88. The van der Waals surface area contributed by atoms with Crippen molar-refractivity contribution in [3.05, 3.63) is 34.6 Å². The summed E-state index contributed by atoms with van der Waals surface area (Å²) in [4.78, 5) is 11.5. The standard InChI is InChI=1S/C14H19N3O2/c1-5-10-6-7-11-12(14(18)19)8(2)13(9(3)15-4)17(11)16-10/h6-7,9,15H,5H2,1-4H3,(H,18,19). The number of hydrogen-bond acceptors (Lipinski definition) is 3. The highest BCUT2D eigenvalue weighted by Crippen LogP contribution is 2.27. The van der Waals surface area contributed by atoms with E-state index in [1.165, 1.54) is 0 Å². The van der Waals surface area contributed by atoms with E-state index < -0.39 is 5.97 Å². The molecule has 0 aliphatic rings. The van der Waals surface area contributed by atoms with Crippen molar-refractivity contribution in [1.29, 1.82) is 0 Å². The number of aromatic carboxylic acids is 1. The Bertz CT molecular complexity index is 631. The second kappa shape index (κ2) is 5.01. The molecule has 2 rings (SSSR count). The number of rotatable bonds is 4. The minimum Gasteiger partial charge on any atom is -0.478 e. The van der Waals surface area contributed by atoms with Crippen molar-refractivity contribution in [3.8, 4) is 0 Å². The fraction of sp³-hybridized carbons (Fsp3) is 0.429. The zero-order valence-corrected chi connectivity index (χ0v) is 11.7. The normalized spacial score (nSPS) is 12.8. The first-order valence-corrected chi connectivity index (χ1v) is 6.42. The van der Waals surface area contributed by atoms with Gasteiger partial charge in [0.15, 0.2) is 0 Å². The first kappa shape index (κ1) is 13.5.